The van der Waals surface area contributed by atoms with Gasteiger partial charge in [0.25, 0.3) is 0 Å². The highest BCUT2D eigenvalue weighted by Gasteiger charge is 2.40. The van der Waals surface area contributed by atoms with Gasteiger partial charge in [0.05, 0.1) is 18.6 Å². The van der Waals surface area contributed by atoms with E-state index >= 15 is 0 Å². The molecule has 0 spiro atoms. The standard InChI is InChI=1S/C8H13ClO5/c1-12-7(11)6(10)5-3-4(9)8(13-2)14-5/h4-6,8,10H,3H2,1-2H3/t4-,5+,6-,8-/m0/s1. The topological polar surface area (TPSA) is 65.0 Å². The highest BCUT2D eigenvalue weighted by atomic mass is 35.5. The predicted molar refractivity (Wildman–Crippen MR) is 48.0 cm³/mol. The molecular formula is C8H13ClO5. The van der Waals surface area contributed by atoms with Crippen molar-refractivity contribution in [1.29, 1.82) is 0 Å². The fourth-order valence-electron chi connectivity index (χ4n) is 1.33. The van der Waals surface area contributed by atoms with Crippen molar-refractivity contribution in [2.24, 2.45) is 0 Å². The van der Waals surface area contributed by atoms with Crippen LogP contribution in [0.4, 0.5) is 0 Å². The third-order valence-corrected chi connectivity index (χ3v) is 2.47. The summed E-state index contributed by atoms with van der Waals surface area (Å²) in [6.45, 7) is 0. The summed E-state index contributed by atoms with van der Waals surface area (Å²) in [4.78, 5) is 11.0. The Labute approximate surface area is 86.9 Å². The highest BCUT2D eigenvalue weighted by molar-refractivity contribution is 6.21. The van der Waals surface area contributed by atoms with Crippen LogP contribution in [0.2, 0.25) is 0 Å². The van der Waals surface area contributed by atoms with Crippen LogP contribution in [0.5, 0.6) is 0 Å². The van der Waals surface area contributed by atoms with Gasteiger partial charge in [-0.05, 0) is 6.42 Å². The van der Waals surface area contributed by atoms with Gasteiger partial charge in [-0.15, -0.1) is 11.6 Å². The SMILES string of the molecule is COC(=O)[C@@H](O)[C@H]1C[C@H](Cl)[C@@H](OC)O1. The van der Waals surface area contributed by atoms with Gasteiger partial charge in [0.1, 0.15) is 0 Å². The third kappa shape index (κ3) is 2.36. The molecule has 1 N–H and O–H groups in total. The quantitative estimate of drug-likeness (QED) is 0.535. The number of aliphatic hydroxyl groups excluding tert-OH is 1. The number of hydrogen-bond donors (Lipinski definition) is 1. The molecule has 0 amide bonds. The van der Waals surface area contributed by atoms with Crippen LogP contribution in [0.25, 0.3) is 0 Å². The van der Waals surface area contributed by atoms with E-state index < -0.39 is 24.5 Å². The lowest BCUT2D eigenvalue weighted by Gasteiger charge is -2.16. The third-order valence-electron chi connectivity index (χ3n) is 2.09. The van der Waals surface area contributed by atoms with E-state index in [0.29, 0.717) is 6.42 Å². The predicted octanol–water partition coefficient (Wildman–Crippen LogP) is -0.111. The summed E-state index contributed by atoms with van der Waals surface area (Å²) < 4.78 is 14.5. The first-order chi connectivity index (χ1) is 6.60. The number of alkyl halides is 1. The minimum Gasteiger partial charge on any atom is -0.467 e. The van der Waals surface area contributed by atoms with Crippen molar-refractivity contribution in [3.05, 3.63) is 0 Å². The maximum absolute atomic E-state index is 11.0. The lowest BCUT2D eigenvalue weighted by molar-refractivity contribution is -0.169. The number of esters is 1. The molecule has 0 unspecified atom stereocenters. The van der Waals surface area contributed by atoms with Crippen LogP contribution < -0.4 is 0 Å². The summed E-state index contributed by atoms with van der Waals surface area (Å²) in [7, 11) is 2.65. The van der Waals surface area contributed by atoms with Gasteiger partial charge in [-0.2, -0.15) is 0 Å². The fourth-order valence-corrected chi connectivity index (χ4v) is 1.66. The second-order valence-electron chi connectivity index (χ2n) is 3.00. The number of methoxy groups -OCH3 is 2. The molecule has 1 heterocycles. The van der Waals surface area contributed by atoms with Gasteiger partial charge >= 0.3 is 5.97 Å². The second-order valence-corrected chi connectivity index (χ2v) is 3.56. The monoisotopic (exact) mass is 224 g/mol. The molecule has 1 fully saturated rings. The number of hydrogen-bond acceptors (Lipinski definition) is 5. The first kappa shape index (κ1) is 11.7. The zero-order valence-corrected chi connectivity index (χ0v) is 8.73. The summed E-state index contributed by atoms with van der Waals surface area (Å²) in [5.74, 6) is -0.726. The van der Waals surface area contributed by atoms with Crippen LogP contribution in [0, 0.1) is 0 Å². The van der Waals surface area contributed by atoms with Crippen LogP contribution in [-0.2, 0) is 19.0 Å². The molecule has 0 bridgehead atoms. The van der Waals surface area contributed by atoms with Crippen molar-refractivity contribution in [3.63, 3.8) is 0 Å². The number of ether oxygens (including phenoxy) is 3. The summed E-state index contributed by atoms with van der Waals surface area (Å²) in [5.41, 5.74) is 0. The molecule has 0 aromatic heterocycles. The Bertz CT molecular complexity index is 210. The fraction of sp³-hybridized carbons (Fsp3) is 0.875. The van der Waals surface area contributed by atoms with Crippen LogP contribution >= 0.6 is 11.6 Å². The second kappa shape index (κ2) is 4.93. The Morgan fingerprint density at radius 1 is 1.64 bits per heavy atom. The summed E-state index contributed by atoms with van der Waals surface area (Å²) >= 11 is 5.85. The zero-order chi connectivity index (χ0) is 10.7. The Hall–Kier alpha value is -0.360. The number of carbonyl (C=O) groups excluding carboxylic acids is 1. The van der Waals surface area contributed by atoms with E-state index in [4.69, 9.17) is 21.1 Å². The summed E-state index contributed by atoms with van der Waals surface area (Å²) in [6.07, 6.45) is -2.19. The van der Waals surface area contributed by atoms with Gasteiger partial charge in [0, 0.05) is 7.11 Å². The molecule has 1 aliphatic rings. The van der Waals surface area contributed by atoms with E-state index in [1.54, 1.807) is 0 Å². The lowest BCUT2D eigenvalue weighted by Crippen LogP contribution is -2.35. The van der Waals surface area contributed by atoms with E-state index in [-0.39, 0.29) is 5.38 Å². The van der Waals surface area contributed by atoms with E-state index in [1.165, 1.54) is 14.2 Å². The van der Waals surface area contributed by atoms with Crippen LogP contribution in [0.1, 0.15) is 6.42 Å². The molecule has 0 aliphatic carbocycles. The van der Waals surface area contributed by atoms with Crippen molar-refractivity contribution < 1.29 is 24.1 Å². The molecule has 4 atom stereocenters. The Kier molecular flexibility index (Phi) is 4.12. The molecule has 14 heavy (non-hydrogen) atoms. The number of rotatable bonds is 3. The Morgan fingerprint density at radius 3 is 2.71 bits per heavy atom. The lowest BCUT2D eigenvalue weighted by atomic mass is 10.1. The van der Waals surface area contributed by atoms with E-state index in [1.807, 2.05) is 0 Å². The van der Waals surface area contributed by atoms with Gasteiger partial charge in [-0.3, -0.25) is 0 Å². The van der Waals surface area contributed by atoms with Crippen LogP contribution in [0.15, 0.2) is 0 Å². The molecule has 0 saturated carbocycles. The first-order valence-electron chi connectivity index (χ1n) is 4.18. The average molecular weight is 225 g/mol. The zero-order valence-electron chi connectivity index (χ0n) is 7.97. The van der Waals surface area contributed by atoms with Crippen molar-refractivity contribution in [3.8, 4) is 0 Å². The van der Waals surface area contributed by atoms with E-state index in [9.17, 15) is 9.90 Å². The molecule has 0 aromatic carbocycles. The molecule has 82 valence electrons. The molecule has 5 nitrogen and oxygen atoms in total. The Balaban J connectivity index is 2.52. The summed E-state index contributed by atoms with van der Waals surface area (Å²) in [5, 5.41) is 9.08. The van der Waals surface area contributed by atoms with Gasteiger partial charge < -0.3 is 19.3 Å². The molecule has 1 aliphatic heterocycles. The summed E-state index contributed by atoms with van der Waals surface area (Å²) in [6, 6.07) is 0. The normalized spacial score (nSPS) is 34.1. The minimum atomic E-state index is -1.30. The van der Waals surface area contributed by atoms with Crippen molar-refractivity contribution in [1.82, 2.24) is 0 Å². The number of aliphatic hydroxyl groups is 1. The average Bonchev–Trinajstić information content (AvgIpc) is 2.57. The largest absolute Gasteiger partial charge is 0.467 e. The van der Waals surface area contributed by atoms with Gasteiger partial charge in [-0.25, -0.2) is 4.79 Å². The Morgan fingerprint density at radius 2 is 2.29 bits per heavy atom. The molecule has 0 aromatic rings. The molecule has 1 saturated heterocycles. The van der Waals surface area contributed by atoms with Crippen molar-refractivity contribution in [2.45, 2.75) is 30.3 Å². The molecule has 1 rings (SSSR count). The number of carbonyl (C=O) groups is 1. The number of halogens is 1. The smallest absolute Gasteiger partial charge is 0.337 e. The van der Waals surface area contributed by atoms with E-state index in [0.717, 1.165) is 0 Å². The van der Waals surface area contributed by atoms with E-state index in [2.05, 4.69) is 4.74 Å². The van der Waals surface area contributed by atoms with Crippen molar-refractivity contribution in [2.75, 3.05) is 14.2 Å². The maximum Gasteiger partial charge on any atom is 0.337 e. The highest BCUT2D eigenvalue weighted by Crippen LogP contribution is 2.27. The van der Waals surface area contributed by atoms with Gasteiger partial charge in [-0.1, -0.05) is 0 Å². The van der Waals surface area contributed by atoms with Crippen LogP contribution in [0.3, 0.4) is 0 Å². The molecule has 0 radical (unpaired) electrons. The van der Waals surface area contributed by atoms with Crippen LogP contribution in [-0.4, -0.2) is 49.2 Å². The van der Waals surface area contributed by atoms with Gasteiger partial charge in [0.2, 0.25) is 0 Å². The maximum atomic E-state index is 11.0. The van der Waals surface area contributed by atoms with Crippen molar-refractivity contribution >= 4 is 17.6 Å². The molecular weight excluding hydrogens is 212 g/mol. The molecule has 6 heteroatoms. The van der Waals surface area contributed by atoms with Gasteiger partial charge in [0.15, 0.2) is 12.4 Å². The first-order valence-corrected chi connectivity index (χ1v) is 4.62. The minimum absolute atomic E-state index is 0.357.